The minimum atomic E-state index is -0.176. The van der Waals surface area contributed by atoms with E-state index in [9.17, 15) is 5.11 Å². The molecule has 0 saturated heterocycles. The zero-order valence-electron chi connectivity index (χ0n) is 13.7. The van der Waals surface area contributed by atoms with E-state index >= 15 is 0 Å². The smallest absolute Gasteiger partial charge is 0.115 e. The van der Waals surface area contributed by atoms with Crippen LogP contribution in [-0.2, 0) is 11.8 Å². The second-order valence-electron chi connectivity index (χ2n) is 6.52. The summed E-state index contributed by atoms with van der Waals surface area (Å²) in [6, 6.07) is 13.6. The molecular formula is C18H24Cl2N2OS. The van der Waals surface area contributed by atoms with Crippen LogP contribution in [0.15, 0.2) is 47.4 Å². The third-order valence-corrected chi connectivity index (χ3v) is 5.88. The summed E-state index contributed by atoms with van der Waals surface area (Å²) in [6.07, 6.45) is 0.902. The number of thioether (sulfide) groups is 1. The fraction of sp³-hybridized carbons (Fsp3) is 0.333. The van der Waals surface area contributed by atoms with E-state index in [1.807, 2.05) is 30.3 Å². The molecule has 2 aromatic rings. The summed E-state index contributed by atoms with van der Waals surface area (Å²) >= 11 is 1.79. The molecule has 2 aromatic carbocycles. The van der Waals surface area contributed by atoms with Gasteiger partial charge in [0, 0.05) is 27.3 Å². The number of fused-ring (bicyclic) bond motifs is 1. The van der Waals surface area contributed by atoms with Crippen LogP contribution in [0, 0.1) is 0 Å². The second-order valence-corrected chi connectivity index (χ2v) is 7.83. The Labute approximate surface area is 160 Å². The predicted molar refractivity (Wildman–Crippen MR) is 108 cm³/mol. The number of halogens is 2. The van der Waals surface area contributed by atoms with Crippen molar-refractivity contribution in [2.45, 2.75) is 41.9 Å². The molecule has 0 saturated carbocycles. The molecule has 0 spiro atoms. The first-order valence-electron chi connectivity index (χ1n) is 7.48. The molecule has 0 aromatic heterocycles. The molecule has 0 unspecified atom stereocenters. The van der Waals surface area contributed by atoms with Gasteiger partial charge in [-0.3, -0.25) is 0 Å². The highest BCUT2D eigenvalue weighted by molar-refractivity contribution is 8.00. The maximum absolute atomic E-state index is 9.78. The normalized spacial score (nSPS) is 21.1. The van der Waals surface area contributed by atoms with Crippen molar-refractivity contribution in [3.63, 3.8) is 0 Å². The monoisotopic (exact) mass is 386 g/mol. The van der Waals surface area contributed by atoms with Crippen molar-refractivity contribution in [2.24, 2.45) is 5.73 Å². The predicted octanol–water partition coefficient (Wildman–Crippen LogP) is 4.14. The number of nitrogens with two attached hydrogens (primary N) is 2. The van der Waals surface area contributed by atoms with Gasteiger partial charge >= 0.3 is 0 Å². The molecule has 0 bridgehead atoms. The van der Waals surface area contributed by atoms with E-state index in [-0.39, 0.29) is 41.5 Å². The summed E-state index contributed by atoms with van der Waals surface area (Å²) < 4.78 is 0. The molecule has 24 heavy (non-hydrogen) atoms. The van der Waals surface area contributed by atoms with Crippen molar-refractivity contribution < 1.29 is 5.11 Å². The van der Waals surface area contributed by atoms with Crippen molar-refractivity contribution in [1.29, 1.82) is 0 Å². The second kappa shape index (κ2) is 7.87. The topological polar surface area (TPSA) is 72.3 Å². The lowest BCUT2D eigenvalue weighted by molar-refractivity contribution is 0.369. The van der Waals surface area contributed by atoms with Crippen molar-refractivity contribution in [3.05, 3.63) is 53.6 Å². The number of aromatic hydroxyl groups is 1. The van der Waals surface area contributed by atoms with Gasteiger partial charge in [-0.05, 0) is 47.9 Å². The summed E-state index contributed by atoms with van der Waals surface area (Å²) in [5, 5.41) is 10.1. The molecule has 0 amide bonds. The summed E-state index contributed by atoms with van der Waals surface area (Å²) in [4.78, 5) is 1.15. The number of rotatable bonds is 2. The van der Waals surface area contributed by atoms with Gasteiger partial charge in [0.1, 0.15) is 5.75 Å². The molecule has 5 N–H and O–H groups in total. The van der Waals surface area contributed by atoms with Crippen molar-refractivity contribution in [1.82, 2.24) is 0 Å². The maximum Gasteiger partial charge on any atom is 0.115 e. The van der Waals surface area contributed by atoms with Crippen LogP contribution in [-0.4, -0.2) is 16.4 Å². The van der Waals surface area contributed by atoms with Crippen LogP contribution in [0.5, 0.6) is 5.75 Å². The van der Waals surface area contributed by atoms with Crippen LogP contribution in [0.1, 0.15) is 25.0 Å². The van der Waals surface area contributed by atoms with Crippen molar-refractivity contribution in [2.75, 3.05) is 5.73 Å². The lowest BCUT2D eigenvalue weighted by Gasteiger charge is -2.43. The van der Waals surface area contributed by atoms with Gasteiger partial charge in [-0.25, -0.2) is 0 Å². The highest BCUT2D eigenvalue weighted by Gasteiger charge is 2.40. The van der Waals surface area contributed by atoms with Gasteiger partial charge in [-0.15, -0.1) is 36.6 Å². The fourth-order valence-electron chi connectivity index (χ4n) is 3.21. The van der Waals surface area contributed by atoms with Gasteiger partial charge in [0.05, 0.1) is 0 Å². The molecular weight excluding hydrogens is 363 g/mol. The van der Waals surface area contributed by atoms with E-state index < -0.39 is 0 Å². The fourth-order valence-corrected chi connectivity index (χ4v) is 4.67. The largest absolute Gasteiger partial charge is 0.508 e. The van der Waals surface area contributed by atoms with E-state index in [2.05, 4.69) is 19.9 Å². The quantitative estimate of drug-likeness (QED) is 0.678. The lowest BCUT2D eigenvalue weighted by atomic mass is 9.69. The average Bonchev–Trinajstić information content (AvgIpc) is 2.46. The van der Waals surface area contributed by atoms with Crippen LogP contribution in [0.2, 0.25) is 0 Å². The number of phenolic OH excluding ortho intramolecular Hbond substituents is 1. The summed E-state index contributed by atoms with van der Waals surface area (Å²) in [5.74, 6) is 0.306. The van der Waals surface area contributed by atoms with Gasteiger partial charge in [0.15, 0.2) is 0 Å². The van der Waals surface area contributed by atoms with Crippen LogP contribution in [0.3, 0.4) is 0 Å². The minimum Gasteiger partial charge on any atom is -0.508 e. The molecule has 1 aliphatic carbocycles. The standard InChI is InChI=1S/C18H22N2OS.2ClH/c1-18(2)15-10-13(21)7-6-11(15)8-16(17(18)20)22-14-5-3-4-12(19)9-14;;/h3-7,9-10,16-17,21H,8,19-20H2,1-2H3;2*1H/t16-,17+;;/m0../s1. The molecule has 132 valence electrons. The number of benzene rings is 2. The summed E-state index contributed by atoms with van der Waals surface area (Å²) in [6.45, 7) is 4.31. The first kappa shape index (κ1) is 21.0. The molecule has 6 heteroatoms. The van der Waals surface area contributed by atoms with Gasteiger partial charge in [-0.2, -0.15) is 0 Å². The van der Waals surface area contributed by atoms with Crippen LogP contribution in [0.4, 0.5) is 5.69 Å². The van der Waals surface area contributed by atoms with E-state index in [0.29, 0.717) is 5.75 Å². The van der Waals surface area contributed by atoms with Crippen LogP contribution >= 0.6 is 36.6 Å². The average molecular weight is 387 g/mol. The summed E-state index contributed by atoms with van der Waals surface area (Å²) in [5.41, 5.74) is 15.5. The van der Waals surface area contributed by atoms with Gasteiger partial charge < -0.3 is 16.6 Å². The molecule has 0 aliphatic heterocycles. The maximum atomic E-state index is 9.78. The van der Waals surface area contributed by atoms with E-state index in [0.717, 1.165) is 22.6 Å². The molecule has 3 nitrogen and oxygen atoms in total. The Morgan fingerprint density at radius 3 is 2.50 bits per heavy atom. The number of hydrogen-bond donors (Lipinski definition) is 3. The lowest BCUT2D eigenvalue weighted by Crippen LogP contribution is -2.52. The Kier molecular flexibility index (Phi) is 6.88. The zero-order valence-corrected chi connectivity index (χ0v) is 16.2. The Bertz CT molecular complexity index is 709. The molecule has 3 rings (SSSR count). The third kappa shape index (κ3) is 3.94. The minimum absolute atomic E-state index is 0. The molecule has 1 aliphatic rings. The van der Waals surface area contributed by atoms with Gasteiger partial charge in [-0.1, -0.05) is 26.0 Å². The highest BCUT2D eigenvalue weighted by Crippen LogP contribution is 2.43. The van der Waals surface area contributed by atoms with Crippen LogP contribution < -0.4 is 11.5 Å². The summed E-state index contributed by atoms with van der Waals surface area (Å²) in [7, 11) is 0. The van der Waals surface area contributed by atoms with Crippen molar-refractivity contribution >= 4 is 42.3 Å². The number of nitrogen functional groups attached to an aromatic ring is 1. The zero-order chi connectivity index (χ0) is 15.9. The number of anilines is 1. The molecule has 0 radical (unpaired) electrons. The van der Waals surface area contributed by atoms with E-state index in [1.165, 1.54) is 5.56 Å². The van der Waals surface area contributed by atoms with Gasteiger partial charge in [0.2, 0.25) is 0 Å². The van der Waals surface area contributed by atoms with Gasteiger partial charge in [0.25, 0.3) is 0 Å². The Hall–Kier alpha value is -1.07. The third-order valence-electron chi connectivity index (χ3n) is 4.59. The molecule has 2 atom stereocenters. The number of hydrogen-bond acceptors (Lipinski definition) is 4. The SMILES string of the molecule is CC1(C)c2cc(O)ccc2C[C@H](Sc2cccc(N)c2)[C@H]1N.Cl.Cl. The Morgan fingerprint density at radius 1 is 1.12 bits per heavy atom. The van der Waals surface area contributed by atoms with Crippen LogP contribution in [0.25, 0.3) is 0 Å². The first-order valence-corrected chi connectivity index (χ1v) is 8.36. The first-order chi connectivity index (χ1) is 10.4. The Morgan fingerprint density at radius 2 is 1.83 bits per heavy atom. The molecule has 0 heterocycles. The van der Waals surface area contributed by atoms with E-state index in [1.54, 1.807) is 17.8 Å². The van der Waals surface area contributed by atoms with E-state index in [4.69, 9.17) is 11.5 Å². The molecule has 0 fully saturated rings. The Balaban J connectivity index is 0.00000144. The highest BCUT2D eigenvalue weighted by atomic mass is 35.5. The van der Waals surface area contributed by atoms with Crippen molar-refractivity contribution in [3.8, 4) is 5.75 Å². The number of phenols is 1.